The van der Waals surface area contributed by atoms with Gasteiger partial charge in [-0.2, -0.15) is 21.6 Å². The van der Waals surface area contributed by atoms with Crippen molar-refractivity contribution in [1.29, 1.82) is 0 Å². The molecule has 11 aromatic rings. The van der Waals surface area contributed by atoms with E-state index in [4.69, 9.17) is 0 Å². The van der Waals surface area contributed by atoms with Gasteiger partial charge in [0.2, 0.25) is 0 Å². The number of H-pyrrole nitrogens is 1. The smallest absolute Gasteiger partial charge is 0.375 e. The fourth-order valence-electron chi connectivity index (χ4n) is 9.55. The standard InChI is InChI=1S/C22H18N2.C17H14BrN.C12H9BrF3NO3S.C11H10BrNO/c1-15-14-20-22(16(2)21(15)18-8-11-23-12-9-18)19(10-13-24-20)17-6-4-3-5-7-17;1-11-10-15-16(12(2)17(11)18)14(8-9-19-15)13-6-4-3-5-7-13;1-6-5-8-10(7(2)11(6)13)9(3-4-17-8)20-21(18,19)12(14,15)16;1-6-5-8-10(7(2)11(6)12)9(14)3-4-13-8/h3-14H,1-2H3;3-10H,1-2H3;3-5H,1-2H3;3-5H,1-2H3,(H,13,14). The molecule has 1 N–H and O–H groups in total. The first-order chi connectivity index (χ1) is 37.1. The highest BCUT2D eigenvalue weighted by molar-refractivity contribution is 9.11. The summed E-state index contributed by atoms with van der Waals surface area (Å²) in [5.74, 6) is -0.407. The summed E-state index contributed by atoms with van der Waals surface area (Å²) in [5, 5.41) is 3.43. The number of hydrogen-bond acceptors (Lipinski definition) is 8. The van der Waals surface area contributed by atoms with Gasteiger partial charge in [0.05, 0.1) is 16.6 Å². The minimum atomic E-state index is -5.73. The minimum Gasteiger partial charge on any atom is -0.375 e. The third-order valence-electron chi connectivity index (χ3n) is 13.2. The van der Waals surface area contributed by atoms with Gasteiger partial charge in [0.15, 0.2) is 11.2 Å². The number of rotatable bonds is 5. The Labute approximate surface area is 475 Å². The summed E-state index contributed by atoms with van der Waals surface area (Å²) in [6, 6.07) is 39.9. The third kappa shape index (κ3) is 12.0. The monoisotopic (exact) mass is 1260 g/mol. The summed E-state index contributed by atoms with van der Waals surface area (Å²) < 4.78 is 66.7. The lowest BCUT2D eigenvalue weighted by Crippen LogP contribution is -2.28. The highest BCUT2D eigenvalue weighted by Gasteiger charge is 2.48. The highest BCUT2D eigenvalue weighted by atomic mass is 79.9. The second-order valence-corrected chi connectivity index (χ2v) is 22.4. The summed E-state index contributed by atoms with van der Waals surface area (Å²) in [6.07, 6.45) is 10.3. The Morgan fingerprint density at radius 2 is 0.923 bits per heavy atom. The molecular formula is C62H51Br3F3N5O4S. The normalized spacial score (nSPS) is 11.4. The second-order valence-electron chi connectivity index (χ2n) is 18.5. The zero-order valence-electron chi connectivity index (χ0n) is 43.6. The van der Waals surface area contributed by atoms with Gasteiger partial charge in [-0.1, -0.05) is 108 Å². The molecule has 6 aromatic carbocycles. The molecule has 0 atom stereocenters. The van der Waals surface area contributed by atoms with Gasteiger partial charge in [0.1, 0.15) is 0 Å². The van der Waals surface area contributed by atoms with E-state index < -0.39 is 21.4 Å². The number of aryl methyl sites for hydroxylation is 8. The van der Waals surface area contributed by atoms with Crippen LogP contribution in [0.3, 0.4) is 0 Å². The van der Waals surface area contributed by atoms with Crippen molar-refractivity contribution >= 4 is 102 Å². The zero-order chi connectivity index (χ0) is 56.2. The fourth-order valence-corrected chi connectivity index (χ4v) is 11.0. The van der Waals surface area contributed by atoms with Crippen molar-refractivity contribution in [2.45, 2.75) is 60.9 Å². The van der Waals surface area contributed by atoms with E-state index in [1.807, 2.05) is 56.8 Å². The first kappa shape index (κ1) is 57.1. The molecule has 0 fully saturated rings. The summed E-state index contributed by atoms with van der Waals surface area (Å²) in [4.78, 5) is 32.0. The molecule has 0 aliphatic heterocycles. The number of nitrogens with zero attached hydrogens (tertiary/aromatic N) is 4. The van der Waals surface area contributed by atoms with Crippen molar-refractivity contribution in [3.8, 4) is 39.1 Å². The number of aromatic nitrogens is 5. The molecule has 16 heteroatoms. The third-order valence-corrected chi connectivity index (χ3v) is 17.9. The van der Waals surface area contributed by atoms with E-state index in [0.717, 1.165) is 49.2 Å². The molecule has 11 rings (SSSR count). The van der Waals surface area contributed by atoms with Gasteiger partial charge in [0, 0.05) is 89.8 Å². The molecule has 0 saturated carbocycles. The Kier molecular flexibility index (Phi) is 17.5. The molecule has 0 radical (unpaired) electrons. The Morgan fingerprint density at radius 3 is 1.44 bits per heavy atom. The number of pyridine rings is 5. The van der Waals surface area contributed by atoms with Crippen molar-refractivity contribution < 1.29 is 25.8 Å². The maximum absolute atomic E-state index is 12.4. The van der Waals surface area contributed by atoms with Crippen LogP contribution >= 0.6 is 47.8 Å². The van der Waals surface area contributed by atoms with Gasteiger partial charge in [0.25, 0.3) is 0 Å². The summed E-state index contributed by atoms with van der Waals surface area (Å²) in [6.45, 7) is 16.0. The van der Waals surface area contributed by atoms with Crippen molar-refractivity contribution in [2.75, 3.05) is 0 Å². The number of alkyl halides is 3. The Morgan fingerprint density at radius 1 is 0.487 bits per heavy atom. The molecular weight excluding hydrogens is 1210 g/mol. The van der Waals surface area contributed by atoms with Crippen molar-refractivity contribution in [2.24, 2.45) is 0 Å². The second kappa shape index (κ2) is 23.9. The van der Waals surface area contributed by atoms with E-state index in [1.165, 1.54) is 77.1 Å². The fraction of sp³-hybridized carbons (Fsp3) is 0.145. The number of hydrogen-bond donors (Lipinski definition) is 1. The molecule has 0 bridgehead atoms. The first-order valence-corrected chi connectivity index (χ1v) is 28.1. The Bertz CT molecular complexity index is 4220. The number of aromatic amines is 1. The minimum absolute atomic E-state index is 0.0666. The molecule has 0 unspecified atom stereocenters. The zero-order valence-corrected chi connectivity index (χ0v) is 49.2. The molecule has 5 heterocycles. The van der Waals surface area contributed by atoms with E-state index in [9.17, 15) is 26.4 Å². The molecule has 9 nitrogen and oxygen atoms in total. The van der Waals surface area contributed by atoms with Crippen LogP contribution in [0.25, 0.3) is 77.0 Å². The average Bonchev–Trinajstić information content (AvgIpc) is 3.55. The molecule has 0 spiro atoms. The van der Waals surface area contributed by atoms with E-state index >= 15 is 0 Å². The van der Waals surface area contributed by atoms with Crippen LogP contribution in [0.4, 0.5) is 13.2 Å². The molecule has 396 valence electrons. The number of benzene rings is 6. The van der Waals surface area contributed by atoms with Crippen LogP contribution in [-0.2, 0) is 10.1 Å². The molecule has 0 aliphatic rings. The van der Waals surface area contributed by atoms with Gasteiger partial charge < -0.3 is 9.17 Å². The summed E-state index contributed by atoms with van der Waals surface area (Å²) in [7, 11) is -5.73. The van der Waals surface area contributed by atoms with Crippen molar-refractivity contribution in [1.82, 2.24) is 24.9 Å². The van der Waals surface area contributed by atoms with Crippen LogP contribution in [0.5, 0.6) is 5.75 Å². The van der Waals surface area contributed by atoms with E-state index in [-0.39, 0.29) is 10.8 Å². The molecule has 0 amide bonds. The van der Waals surface area contributed by atoms with Gasteiger partial charge in [-0.25, -0.2) is 0 Å². The average molecular weight is 1260 g/mol. The number of nitrogens with one attached hydrogen (secondary N) is 1. The predicted molar refractivity (Wildman–Crippen MR) is 320 cm³/mol. The molecule has 5 aromatic heterocycles. The van der Waals surface area contributed by atoms with Crippen LogP contribution in [0.15, 0.2) is 177 Å². The quantitative estimate of drug-likeness (QED) is 0.133. The lowest BCUT2D eigenvalue weighted by Gasteiger charge is -2.16. The lowest BCUT2D eigenvalue weighted by atomic mass is 9.89. The predicted octanol–water partition coefficient (Wildman–Crippen LogP) is 17.6. The van der Waals surface area contributed by atoms with Crippen LogP contribution in [0.2, 0.25) is 0 Å². The van der Waals surface area contributed by atoms with Crippen molar-refractivity contribution in [3.05, 3.63) is 227 Å². The Hall–Kier alpha value is -7.11. The number of halogens is 6. The van der Waals surface area contributed by atoms with E-state index in [1.54, 1.807) is 32.2 Å². The van der Waals surface area contributed by atoms with E-state index in [2.05, 4.69) is 190 Å². The molecule has 0 saturated heterocycles. The van der Waals surface area contributed by atoms with Crippen LogP contribution < -0.4 is 9.61 Å². The highest BCUT2D eigenvalue weighted by Crippen LogP contribution is 2.40. The SMILES string of the molecule is Cc1cc2[nH]ccc(=O)c2c(C)c1Br.Cc1cc2nccc(-c3ccccc3)c2c(C)c1-c1ccncc1.Cc1cc2nccc(-c3ccccc3)c2c(C)c1Br.Cc1cc2nccc(OS(=O)(=O)C(F)(F)F)c2c(C)c1Br. The van der Waals surface area contributed by atoms with Gasteiger partial charge in [-0.3, -0.25) is 24.7 Å². The lowest BCUT2D eigenvalue weighted by molar-refractivity contribution is -0.0499. The topological polar surface area (TPSA) is 128 Å². The van der Waals surface area contributed by atoms with Crippen LogP contribution in [-0.4, -0.2) is 38.8 Å². The Balaban J connectivity index is 0.000000139. The van der Waals surface area contributed by atoms with Crippen LogP contribution in [0, 0.1) is 55.4 Å². The van der Waals surface area contributed by atoms with Gasteiger partial charge >= 0.3 is 15.6 Å². The summed E-state index contributed by atoms with van der Waals surface area (Å²) >= 11 is 10.5. The van der Waals surface area contributed by atoms with Crippen molar-refractivity contribution in [3.63, 3.8) is 0 Å². The maximum atomic E-state index is 12.4. The first-order valence-electron chi connectivity index (χ1n) is 24.4. The van der Waals surface area contributed by atoms with Crippen LogP contribution in [0.1, 0.15) is 44.5 Å². The maximum Gasteiger partial charge on any atom is 0.534 e. The molecule has 78 heavy (non-hydrogen) atoms. The molecule has 0 aliphatic carbocycles. The van der Waals surface area contributed by atoms with E-state index in [0.29, 0.717) is 15.6 Å². The largest absolute Gasteiger partial charge is 0.534 e. The number of fused-ring (bicyclic) bond motifs is 4. The summed E-state index contributed by atoms with van der Waals surface area (Å²) in [5.41, 5.74) is 13.8. The van der Waals surface area contributed by atoms with Gasteiger partial charge in [-0.15, -0.1) is 0 Å². The van der Waals surface area contributed by atoms with Gasteiger partial charge in [-0.05, 0) is 182 Å².